The normalized spacial score (nSPS) is 13.2. The van der Waals surface area contributed by atoms with E-state index in [9.17, 15) is 0 Å². The van der Waals surface area contributed by atoms with Gasteiger partial charge in [-0.15, -0.1) is 0 Å². The van der Waals surface area contributed by atoms with Crippen molar-refractivity contribution in [2.45, 2.75) is 115 Å². The first kappa shape index (κ1) is 44.2. The Morgan fingerprint density at radius 2 is 1.09 bits per heavy atom. The van der Waals surface area contributed by atoms with Crippen molar-refractivity contribution in [3.63, 3.8) is 0 Å². The summed E-state index contributed by atoms with van der Waals surface area (Å²) in [5, 5.41) is 5.36. The van der Waals surface area contributed by atoms with Crippen LogP contribution in [0.25, 0.3) is 54.9 Å². The van der Waals surface area contributed by atoms with Gasteiger partial charge >= 0.3 is 347 Å². The van der Waals surface area contributed by atoms with Gasteiger partial charge in [-0.25, -0.2) is 0 Å². The Kier molecular flexibility index (Phi) is 13.8. The summed E-state index contributed by atoms with van der Waals surface area (Å²) < 4.78 is 4.26. The SMILES string of the molecule is CCCC[C](CCCC)=[Zr+2]([c]1c2c(cc(C(C)(C)C)c1-c1cccc3ccccc13)-c1cc(C(C)(C)C)c(-c3cccc4ccccc34)cc1C2)[CH]1C=CC=C1.[Cl-].[Cl-]. The number of hydrogen-bond acceptors (Lipinski definition) is 0. The Morgan fingerprint density at radius 1 is 0.569 bits per heavy atom. The van der Waals surface area contributed by atoms with Crippen molar-refractivity contribution in [3.8, 4) is 33.4 Å². The topological polar surface area (TPSA) is 0 Å². The van der Waals surface area contributed by atoms with E-state index in [1.165, 1.54) is 105 Å². The Labute approximate surface area is 369 Å². The van der Waals surface area contributed by atoms with Gasteiger partial charge in [0.25, 0.3) is 0 Å². The standard InChI is InChI=1S/C41H37.C9H18.C5H5.2ClH.Zr/c1-40(2,3)38-24-34-28(22-36(38)32-19-11-15-26-13-7-9-17-30(26)32)21-29-23-37(39(25-35(29)34)41(4,5)6)33-20-12-16-27-14-8-10-18-31(27)33;1-3-5-7-9-8-6-4-2;1-2-4-5-3-1;;;/h7-20,22,24-25H,21H2,1-6H3;3-8H2,1-2H3;1-5H;2*1H;/q;;;;;+2/p-2. The van der Waals surface area contributed by atoms with Crippen LogP contribution < -0.4 is 28.1 Å². The molecule has 298 valence electrons. The molecule has 58 heavy (non-hydrogen) atoms. The van der Waals surface area contributed by atoms with Gasteiger partial charge in [-0.2, -0.15) is 0 Å². The Morgan fingerprint density at radius 3 is 1.66 bits per heavy atom. The summed E-state index contributed by atoms with van der Waals surface area (Å²) in [6, 6.07) is 40.0. The quantitative estimate of drug-likeness (QED) is 0.129. The second-order valence-electron chi connectivity index (χ2n) is 18.5. The molecule has 0 spiro atoms. The third-order valence-electron chi connectivity index (χ3n) is 12.5. The summed E-state index contributed by atoms with van der Waals surface area (Å²) in [6.07, 6.45) is 18.5. The minimum absolute atomic E-state index is 0. The first-order chi connectivity index (χ1) is 27.0. The van der Waals surface area contributed by atoms with Crippen molar-refractivity contribution < 1.29 is 46.1 Å². The summed E-state index contributed by atoms with van der Waals surface area (Å²) in [5.74, 6) is 0. The average molecular weight is 883 g/mol. The fourth-order valence-electron chi connectivity index (χ4n) is 9.67. The van der Waals surface area contributed by atoms with Gasteiger partial charge in [-0.05, 0) is 0 Å². The van der Waals surface area contributed by atoms with Gasteiger partial charge < -0.3 is 24.8 Å². The summed E-state index contributed by atoms with van der Waals surface area (Å²) >= 11 is -2.67. The van der Waals surface area contributed by atoms with Crippen LogP contribution in [0.2, 0.25) is 3.63 Å². The molecule has 6 aromatic carbocycles. The zero-order chi connectivity index (χ0) is 39.2. The van der Waals surface area contributed by atoms with Gasteiger partial charge in [0.15, 0.2) is 0 Å². The summed E-state index contributed by atoms with van der Waals surface area (Å²) in [6.45, 7) is 19.4. The molecule has 6 aromatic rings. The van der Waals surface area contributed by atoms with Crippen LogP contribution in [0.3, 0.4) is 0 Å². The van der Waals surface area contributed by atoms with E-state index in [1.807, 2.05) is 3.21 Å². The minimum Gasteiger partial charge on any atom is -1.00 e. The van der Waals surface area contributed by atoms with Gasteiger partial charge in [0.05, 0.1) is 0 Å². The summed E-state index contributed by atoms with van der Waals surface area (Å²) in [7, 11) is 0. The molecule has 0 atom stereocenters. The fourth-order valence-corrected chi connectivity index (χ4v) is 18.9. The molecule has 0 fully saturated rings. The van der Waals surface area contributed by atoms with Gasteiger partial charge in [0.2, 0.25) is 0 Å². The van der Waals surface area contributed by atoms with Gasteiger partial charge in [-0.3, -0.25) is 0 Å². The van der Waals surface area contributed by atoms with Crippen molar-refractivity contribution in [2.24, 2.45) is 0 Å². The molecule has 0 heterocycles. The number of benzene rings is 6. The van der Waals surface area contributed by atoms with Crippen LogP contribution in [-0.4, -0.2) is 3.21 Å². The molecule has 2 aliphatic carbocycles. The molecule has 0 unspecified atom stereocenters. The maximum absolute atomic E-state index is 2.67. The monoisotopic (exact) mass is 880 g/mol. The van der Waals surface area contributed by atoms with Crippen LogP contribution in [0.4, 0.5) is 0 Å². The van der Waals surface area contributed by atoms with E-state index in [0.717, 1.165) is 6.42 Å². The van der Waals surface area contributed by atoms with Gasteiger partial charge in [0, 0.05) is 0 Å². The van der Waals surface area contributed by atoms with E-state index in [0.29, 0.717) is 3.63 Å². The predicted molar refractivity (Wildman–Crippen MR) is 244 cm³/mol. The Bertz CT molecular complexity index is 2520. The van der Waals surface area contributed by atoms with E-state index in [4.69, 9.17) is 0 Å². The number of halogens is 2. The molecule has 0 nitrogen and oxygen atoms in total. The third kappa shape index (κ3) is 8.36. The molecule has 0 N–H and O–H groups in total. The van der Waals surface area contributed by atoms with E-state index in [2.05, 4.69) is 183 Å². The fraction of sp³-hybridized carbons (Fsp3) is 0.327. The Hall–Kier alpha value is -3.35. The molecule has 0 saturated carbocycles. The molecule has 0 bridgehead atoms. The molecular weight excluding hydrogens is 823 g/mol. The molecule has 0 radical (unpaired) electrons. The van der Waals surface area contributed by atoms with Crippen molar-refractivity contribution in [3.05, 3.63) is 150 Å². The van der Waals surface area contributed by atoms with Crippen LogP contribution in [-0.2, 0) is 38.5 Å². The number of hydrogen-bond donors (Lipinski definition) is 0. The van der Waals surface area contributed by atoms with E-state index in [1.54, 1.807) is 14.4 Å². The molecule has 0 aromatic heterocycles. The van der Waals surface area contributed by atoms with E-state index in [-0.39, 0.29) is 35.6 Å². The van der Waals surface area contributed by atoms with E-state index < -0.39 is 21.3 Å². The second-order valence-corrected chi connectivity index (χ2v) is 25.1. The summed E-state index contributed by atoms with van der Waals surface area (Å²) in [4.78, 5) is 0. The largest absolute Gasteiger partial charge is 1.00 e. The molecule has 2 aliphatic rings. The first-order valence-electron chi connectivity index (χ1n) is 21.4. The maximum atomic E-state index is 2.67. The zero-order valence-electron chi connectivity index (χ0n) is 35.9. The number of rotatable bonds is 10. The molecule has 0 aliphatic heterocycles. The van der Waals surface area contributed by atoms with Crippen LogP contribution in [0.5, 0.6) is 0 Å². The molecule has 8 rings (SSSR count). The number of allylic oxidation sites excluding steroid dienone is 4. The Balaban J connectivity index is 0.00000283. The second kappa shape index (κ2) is 18.1. The van der Waals surface area contributed by atoms with Gasteiger partial charge in [0.1, 0.15) is 0 Å². The van der Waals surface area contributed by atoms with Crippen LogP contribution >= 0.6 is 0 Å². The number of fused-ring (bicyclic) bond motifs is 5. The van der Waals surface area contributed by atoms with E-state index >= 15 is 0 Å². The number of unbranched alkanes of at least 4 members (excludes halogenated alkanes) is 2. The van der Waals surface area contributed by atoms with Crippen LogP contribution in [0, 0.1) is 0 Å². The molecule has 0 saturated heterocycles. The molecular formula is C55H60Cl2Zr. The van der Waals surface area contributed by atoms with Gasteiger partial charge in [-0.1, -0.05) is 0 Å². The van der Waals surface area contributed by atoms with Crippen molar-refractivity contribution >= 4 is 28.0 Å². The van der Waals surface area contributed by atoms with Crippen LogP contribution in [0.15, 0.2) is 127 Å². The molecule has 3 heteroatoms. The maximum Gasteiger partial charge on any atom is -1.00 e. The predicted octanol–water partition coefficient (Wildman–Crippen LogP) is 9.21. The van der Waals surface area contributed by atoms with Crippen molar-refractivity contribution in [1.29, 1.82) is 0 Å². The molecule has 0 amide bonds. The van der Waals surface area contributed by atoms with Crippen molar-refractivity contribution in [2.75, 3.05) is 0 Å². The third-order valence-corrected chi connectivity index (χ3v) is 20.9. The minimum atomic E-state index is -2.67. The summed E-state index contributed by atoms with van der Waals surface area (Å²) in [5.41, 5.74) is 14.7. The smallest absolute Gasteiger partial charge is 1.00 e. The zero-order valence-corrected chi connectivity index (χ0v) is 39.9. The van der Waals surface area contributed by atoms with Crippen LogP contribution in [0.1, 0.15) is 116 Å². The average Bonchev–Trinajstić information content (AvgIpc) is 3.85. The first-order valence-corrected chi connectivity index (χ1v) is 25.3. The van der Waals surface area contributed by atoms with Crippen molar-refractivity contribution in [1.82, 2.24) is 0 Å².